The minimum Gasteiger partial charge on any atom is -0.368 e. The summed E-state index contributed by atoms with van der Waals surface area (Å²) in [4.78, 5) is 11.4. The fraction of sp³-hybridized carbons (Fsp3) is 0.900. The molecule has 0 saturated carbocycles. The summed E-state index contributed by atoms with van der Waals surface area (Å²) in [5, 5.41) is 6.09. The van der Waals surface area contributed by atoms with Gasteiger partial charge in [-0.3, -0.25) is 4.79 Å². The van der Waals surface area contributed by atoms with Crippen LogP contribution in [0.15, 0.2) is 0 Å². The van der Waals surface area contributed by atoms with Crippen molar-refractivity contribution in [1.29, 1.82) is 0 Å². The molecule has 1 atom stereocenters. The van der Waals surface area contributed by atoms with Gasteiger partial charge in [0.2, 0.25) is 5.91 Å². The van der Waals surface area contributed by atoms with Gasteiger partial charge in [0.25, 0.3) is 0 Å². The van der Waals surface area contributed by atoms with Crippen LogP contribution in [0.25, 0.3) is 0 Å². The molecule has 0 bridgehead atoms. The van der Waals surface area contributed by atoms with E-state index < -0.39 is 0 Å². The molecule has 1 saturated heterocycles. The van der Waals surface area contributed by atoms with E-state index in [9.17, 15) is 4.79 Å². The molecule has 1 aliphatic heterocycles. The third-order valence-electron chi connectivity index (χ3n) is 2.30. The molecule has 1 rings (SSSR count). The maximum atomic E-state index is 11.4. The summed E-state index contributed by atoms with van der Waals surface area (Å²) < 4.78 is 5.27. The predicted octanol–water partition coefficient (Wildman–Crippen LogP) is 0.281. The molecule has 0 aromatic heterocycles. The lowest BCUT2D eigenvalue weighted by Gasteiger charge is -2.10. The van der Waals surface area contributed by atoms with Gasteiger partial charge in [-0.05, 0) is 32.4 Å². The van der Waals surface area contributed by atoms with Gasteiger partial charge in [0.1, 0.15) is 6.10 Å². The number of carbonyl (C=O) groups excluding carboxylic acids is 1. The fourth-order valence-corrected chi connectivity index (χ4v) is 1.50. The van der Waals surface area contributed by atoms with Crippen molar-refractivity contribution >= 4 is 5.91 Å². The van der Waals surface area contributed by atoms with E-state index in [1.165, 1.54) is 0 Å². The number of hydrogen-bond acceptors (Lipinski definition) is 3. The zero-order valence-corrected chi connectivity index (χ0v) is 8.84. The van der Waals surface area contributed by atoms with Crippen molar-refractivity contribution in [2.45, 2.75) is 32.3 Å². The van der Waals surface area contributed by atoms with Gasteiger partial charge in [0, 0.05) is 13.2 Å². The Morgan fingerprint density at radius 2 is 2.36 bits per heavy atom. The average molecular weight is 200 g/mol. The third kappa shape index (κ3) is 4.07. The van der Waals surface area contributed by atoms with Crippen molar-refractivity contribution in [3.8, 4) is 0 Å². The third-order valence-corrected chi connectivity index (χ3v) is 2.30. The van der Waals surface area contributed by atoms with Crippen molar-refractivity contribution in [3.05, 3.63) is 0 Å². The molecule has 82 valence electrons. The average Bonchev–Trinajstić information content (AvgIpc) is 2.70. The molecule has 0 aromatic rings. The summed E-state index contributed by atoms with van der Waals surface area (Å²) >= 11 is 0. The highest BCUT2D eigenvalue weighted by Crippen LogP contribution is 2.11. The first-order valence-corrected chi connectivity index (χ1v) is 5.44. The minimum atomic E-state index is -0.186. The van der Waals surface area contributed by atoms with Crippen LogP contribution >= 0.6 is 0 Å². The first-order valence-electron chi connectivity index (χ1n) is 5.44. The van der Waals surface area contributed by atoms with Gasteiger partial charge in [-0.1, -0.05) is 6.92 Å². The molecule has 1 amide bonds. The van der Waals surface area contributed by atoms with E-state index in [1.54, 1.807) is 0 Å². The van der Waals surface area contributed by atoms with E-state index >= 15 is 0 Å². The van der Waals surface area contributed by atoms with Crippen LogP contribution in [-0.2, 0) is 9.53 Å². The second-order valence-electron chi connectivity index (χ2n) is 3.50. The zero-order valence-electron chi connectivity index (χ0n) is 8.84. The van der Waals surface area contributed by atoms with Crippen molar-refractivity contribution in [2.75, 3.05) is 26.2 Å². The van der Waals surface area contributed by atoms with Crippen LogP contribution in [0.4, 0.5) is 0 Å². The normalized spacial score (nSPS) is 21.1. The Balaban J connectivity index is 1.97. The number of nitrogens with one attached hydrogen (secondary N) is 2. The lowest BCUT2D eigenvalue weighted by molar-refractivity contribution is -0.130. The molecule has 2 N–H and O–H groups in total. The van der Waals surface area contributed by atoms with Gasteiger partial charge in [-0.15, -0.1) is 0 Å². The highest BCUT2D eigenvalue weighted by molar-refractivity contribution is 5.80. The van der Waals surface area contributed by atoms with Crippen LogP contribution in [0.2, 0.25) is 0 Å². The quantitative estimate of drug-likeness (QED) is 0.606. The lowest BCUT2D eigenvalue weighted by Crippen LogP contribution is -2.35. The van der Waals surface area contributed by atoms with Gasteiger partial charge in [-0.25, -0.2) is 0 Å². The molecular weight excluding hydrogens is 180 g/mol. The standard InChI is InChI=1S/C10H20N2O2/c1-2-11-6-4-7-12-10(13)9-5-3-8-14-9/h9,11H,2-8H2,1H3,(H,12,13). The SMILES string of the molecule is CCNCCCNC(=O)C1CCCO1. The van der Waals surface area contributed by atoms with Crippen LogP contribution in [0.5, 0.6) is 0 Å². The van der Waals surface area contributed by atoms with Crippen molar-refractivity contribution < 1.29 is 9.53 Å². The molecule has 0 aromatic carbocycles. The highest BCUT2D eigenvalue weighted by atomic mass is 16.5. The molecule has 1 heterocycles. The van der Waals surface area contributed by atoms with Gasteiger partial charge in [0.05, 0.1) is 0 Å². The Kier molecular flexibility index (Phi) is 5.56. The maximum absolute atomic E-state index is 11.4. The van der Waals surface area contributed by atoms with Crippen molar-refractivity contribution in [2.24, 2.45) is 0 Å². The number of carbonyl (C=O) groups is 1. The Morgan fingerprint density at radius 3 is 3.00 bits per heavy atom. The summed E-state index contributed by atoms with van der Waals surface area (Å²) in [5.74, 6) is 0.0546. The van der Waals surface area contributed by atoms with Crippen molar-refractivity contribution in [1.82, 2.24) is 10.6 Å². The smallest absolute Gasteiger partial charge is 0.249 e. The Morgan fingerprint density at radius 1 is 1.50 bits per heavy atom. The van der Waals surface area contributed by atoms with E-state index in [2.05, 4.69) is 17.6 Å². The Labute approximate surface area is 85.4 Å². The van der Waals surface area contributed by atoms with Gasteiger partial charge < -0.3 is 15.4 Å². The predicted molar refractivity (Wildman–Crippen MR) is 55.1 cm³/mol. The molecule has 1 unspecified atom stereocenters. The number of rotatable bonds is 6. The van der Waals surface area contributed by atoms with Crippen LogP contribution in [0.1, 0.15) is 26.2 Å². The Bertz CT molecular complexity index is 168. The molecular formula is C10H20N2O2. The molecule has 1 aliphatic rings. The second kappa shape index (κ2) is 6.79. The molecule has 0 aliphatic carbocycles. The largest absolute Gasteiger partial charge is 0.368 e. The van der Waals surface area contributed by atoms with Crippen LogP contribution < -0.4 is 10.6 Å². The summed E-state index contributed by atoms with van der Waals surface area (Å²) in [6.45, 7) is 5.49. The molecule has 0 spiro atoms. The summed E-state index contributed by atoms with van der Waals surface area (Å²) in [6.07, 6.45) is 2.68. The van der Waals surface area contributed by atoms with E-state index in [4.69, 9.17) is 4.74 Å². The summed E-state index contributed by atoms with van der Waals surface area (Å²) in [5.41, 5.74) is 0. The van der Waals surface area contributed by atoms with Crippen LogP contribution in [-0.4, -0.2) is 38.3 Å². The highest BCUT2D eigenvalue weighted by Gasteiger charge is 2.22. The van der Waals surface area contributed by atoms with Gasteiger partial charge in [0.15, 0.2) is 0 Å². The van der Waals surface area contributed by atoms with Crippen LogP contribution in [0.3, 0.4) is 0 Å². The molecule has 14 heavy (non-hydrogen) atoms. The summed E-state index contributed by atoms with van der Waals surface area (Å²) in [6, 6.07) is 0. The van der Waals surface area contributed by atoms with Gasteiger partial charge >= 0.3 is 0 Å². The van der Waals surface area contributed by atoms with Crippen LogP contribution in [0, 0.1) is 0 Å². The second-order valence-corrected chi connectivity index (χ2v) is 3.50. The fourth-order valence-electron chi connectivity index (χ4n) is 1.50. The molecule has 1 fully saturated rings. The number of amides is 1. The number of ether oxygens (including phenoxy) is 1. The van der Waals surface area contributed by atoms with E-state index in [0.717, 1.165) is 45.5 Å². The Hall–Kier alpha value is -0.610. The topological polar surface area (TPSA) is 50.4 Å². The zero-order chi connectivity index (χ0) is 10.2. The lowest BCUT2D eigenvalue weighted by atomic mass is 10.2. The first kappa shape index (κ1) is 11.5. The molecule has 4 heteroatoms. The van der Waals surface area contributed by atoms with Gasteiger partial charge in [-0.2, -0.15) is 0 Å². The summed E-state index contributed by atoms with van der Waals surface area (Å²) in [7, 11) is 0. The van der Waals surface area contributed by atoms with Crippen molar-refractivity contribution in [3.63, 3.8) is 0 Å². The molecule has 4 nitrogen and oxygen atoms in total. The van der Waals surface area contributed by atoms with E-state index in [-0.39, 0.29) is 12.0 Å². The minimum absolute atomic E-state index is 0.0546. The van der Waals surface area contributed by atoms with E-state index in [1.807, 2.05) is 0 Å². The first-order chi connectivity index (χ1) is 6.84. The maximum Gasteiger partial charge on any atom is 0.249 e. The number of hydrogen-bond donors (Lipinski definition) is 2. The monoisotopic (exact) mass is 200 g/mol. The molecule has 0 radical (unpaired) electrons. The van der Waals surface area contributed by atoms with E-state index in [0.29, 0.717) is 0 Å².